The van der Waals surface area contributed by atoms with Crippen LogP contribution < -0.4 is 15.3 Å². The zero-order valence-electron chi connectivity index (χ0n) is 14.0. The Hall–Kier alpha value is -3.42. The zero-order chi connectivity index (χ0) is 20.4. The van der Waals surface area contributed by atoms with Gasteiger partial charge in [-0.2, -0.15) is 8.78 Å². The van der Waals surface area contributed by atoms with Gasteiger partial charge in [-0.1, -0.05) is 5.92 Å². The third-order valence-electron chi connectivity index (χ3n) is 4.56. The highest BCUT2D eigenvalue weighted by Crippen LogP contribution is 2.42. The first-order valence-corrected chi connectivity index (χ1v) is 7.99. The first kappa shape index (κ1) is 18.0. The lowest BCUT2D eigenvalue weighted by atomic mass is 10.2. The zero-order valence-corrected chi connectivity index (χ0v) is 14.0. The molecule has 1 amide bonds. The Morgan fingerprint density at radius 2 is 2.04 bits per heavy atom. The number of halogens is 4. The van der Waals surface area contributed by atoms with Crippen LogP contribution in [0.25, 0.3) is 5.69 Å². The van der Waals surface area contributed by atoms with Gasteiger partial charge in [0.1, 0.15) is 6.17 Å². The fourth-order valence-corrected chi connectivity index (χ4v) is 3.35. The average Bonchev–Trinajstić information content (AvgIpc) is 3.10. The lowest BCUT2D eigenvalue weighted by molar-refractivity contribution is -0.192. The third kappa shape index (κ3) is 2.37. The van der Waals surface area contributed by atoms with E-state index in [0.717, 1.165) is 10.6 Å². The molecule has 0 fully saturated rings. The Balaban J connectivity index is 1.92. The molecule has 1 aromatic heterocycles. The van der Waals surface area contributed by atoms with Crippen LogP contribution in [0.4, 0.5) is 23.2 Å². The molecular formula is C17H11F4N3O4. The van der Waals surface area contributed by atoms with Crippen LogP contribution in [0.5, 0.6) is 11.6 Å². The fourth-order valence-electron chi connectivity index (χ4n) is 3.35. The van der Waals surface area contributed by atoms with Gasteiger partial charge in [-0.05, 0) is 6.07 Å². The molecule has 0 saturated carbocycles. The number of rotatable bonds is 2. The van der Waals surface area contributed by atoms with E-state index in [1.165, 1.54) is 0 Å². The summed E-state index contributed by atoms with van der Waals surface area (Å²) in [5, 5.41) is 10.3. The number of alkyl halides is 3. The van der Waals surface area contributed by atoms with E-state index >= 15 is 0 Å². The number of hydrogen-bond donors (Lipinski definition) is 1. The van der Waals surface area contributed by atoms with Crippen molar-refractivity contribution in [3.05, 3.63) is 34.1 Å². The van der Waals surface area contributed by atoms with E-state index < -0.39 is 53.6 Å². The lowest BCUT2D eigenvalue weighted by Crippen LogP contribution is -2.51. The predicted molar refractivity (Wildman–Crippen MR) is 87.0 cm³/mol. The largest absolute Gasteiger partial charge is 0.493 e. The quantitative estimate of drug-likeness (QED) is 0.613. The number of fused-ring (bicyclic) bond motifs is 2. The number of aromatic nitrogens is 2. The molecule has 0 bridgehead atoms. The Morgan fingerprint density at radius 1 is 1.32 bits per heavy atom. The van der Waals surface area contributed by atoms with Crippen LogP contribution in [0.3, 0.4) is 0 Å². The topological polar surface area (TPSA) is 76.7 Å². The SMILES string of the molecule is C#CCN1C(=O)C(F)(F)Oc2cc(F)c(-n3c(O)c4n(c3=O)CC(F)C4)cc21. The smallest absolute Gasteiger partial charge is 0.483 e. The molecule has 3 heterocycles. The van der Waals surface area contributed by atoms with Crippen molar-refractivity contribution < 1.29 is 32.2 Å². The average molecular weight is 397 g/mol. The van der Waals surface area contributed by atoms with Crippen LogP contribution in [0.1, 0.15) is 5.69 Å². The van der Waals surface area contributed by atoms with E-state index in [9.17, 15) is 32.3 Å². The van der Waals surface area contributed by atoms with Crippen LogP contribution in [0.15, 0.2) is 16.9 Å². The molecule has 2 aromatic rings. The van der Waals surface area contributed by atoms with Crippen molar-refractivity contribution in [3.8, 4) is 29.7 Å². The van der Waals surface area contributed by atoms with Crippen LogP contribution in [0.2, 0.25) is 0 Å². The van der Waals surface area contributed by atoms with Crippen molar-refractivity contribution in [1.82, 2.24) is 9.13 Å². The number of terminal acetylenes is 1. The maximum Gasteiger partial charge on any atom is 0.483 e. The number of carbonyl (C=O) groups excluding carboxylic acids is 1. The molecule has 7 nitrogen and oxygen atoms in total. The van der Waals surface area contributed by atoms with Gasteiger partial charge in [0, 0.05) is 12.5 Å². The summed E-state index contributed by atoms with van der Waals surface area (Å²) < 4.78 is 61.4. The van der Waals surface area contributed by atoms with Gasteiger partial charge >= 0.3 is 17.7 Å². The van der Waals surface area contributed by atoms with E-state index in [1.807, 2.05) is 5.92 Å². The molecule has 0 spiro atoms. The van der Waals surface area contributed by atoms with Gasteiger partial charge in [-0.25, -0.2) is 18.1 Å². The number of amides is 1. The number of nitrogens with zero attached hydrogens (tertiary/aromatic N) is 3. The molecule has 11 heteroatoms. The third-order valence-corrected chi connectivity index (χ3v) is 4.56. The number of hydrogen-bond acceptors (Lipinski definition) is 4. The van der Waals surface area contributed by atoms with Crippen molar-refractivity contribution in [2.45, 2.75) is 25.2 Å². The van der Waals surface area contributed by atoms with E-state index in [2.05, 4.69) is 4.74 Å². The summed E-state index contributed by atoms with van der Waals surface area (Å²) in [6, 6.07) is 1.44. The summed E-state index contributed by atoms with van der Waals surface area (Å²) in [7, 11) is 0. The molecular weight excluding hydrogens is 386 g/mol. The second-order valence-corrected chi connectivity index (χ2v) is 6.29. The summed E-state index contributed by atoms with van der Waals surface area (Å²) in [6.07, 6.45) is -0.730. The number of aromatic hydroxyl groups is 1. The summed E-state index contributed by atoms with van der Waals surface area (Å²) in [4.78, 5) is 24.9. The predicted octanol–water partition coefficient (Wildman–Crippen LogP) is 1.33. The summed E-state index contributed by atoms with van der Waals surface area (Å²) in [6.45, 7) is -0.870. The van der Waals surface area contributed by atoms with Crippen LogP contribution >= 0.6 is 0 Å². The summed E-state index contributed by atoms with van der Waals surface area (Å²) in [5.41, 5.74) is -1.76. The molecule has 146 valence electrons. The first-order chi connectivity index (χ1) is 13.2. The number of benzene rings is 1. The van der Waals surface area contributed by atoms with Gasteiger partial charge in [0.05, 0.1) is 30.2 Å². The minimum Gasteiger partial charge on any atom is -0.493 e. The van der Waals surface area contributed by atoms with E-state index in [1.54, 1.807) is 0 Å². The second-order valence-electron chi connectivity index (χ2n) is 6.29. The molecule has 1 N–H and O–H groups in total. The monoisotopic (exact) mass is 397 g/mol. The Morgan fingerprint density at radius 3 is 2.68 bits per heavy atom. The molecule has 0 radical (unpaired) electrons. The molecule has 28 heavy (non-hydrogen) atoms. The second kappa shape index (κ2) is 5.79. The van der Waals surface area contributed by atoms with Crippen molar-refractivity contribution in [1.29, 1.82) is 0 Å². The number of carbonyl (C=O) groups is 1. The molecule has 0 aliphatic carbocycles. The lowest BCUT2D eigenvalue weighted by Gasteiger charge is -2.32. The Kier molecular flexibility index (Phi) is 3.71. The van der Waals surface area contributed by atoms with Crippen LogP contribution in [0, 0.1) is 18.2 Å². The van der Waals surface area contributed by atoms with Crippen molar-refractivity contribution >= 4 is 11.6 Å². The number of anilines is 1. The molecule has 1 atom stereocenters. The normalized spacial score (nSPS) is 19.8. The molecule has 1 unspecified atom stereocenters. The maximum atomic E-state index is 14.6. The maximum absolute atomic E-state index is 14.6. The van der Waals surface area contributed by atoms with E-state index in [4.69, 9.17) is 6.42 Å². The molecule has 1 aromatic carbocycles. The first-order valence-electron chi connectivity index (χ1n) is 7.99. The molecule has 2 aliphatic heterocycles. The van der Waals surface area contributed by atoms with Gasteiger partial charge in [-0.15, -0.1) is 6.42 Å². The van der Waals surface area contributed by atoms with Crippen molar-refractivity contribution in [2.75, 3.05) is 11.4 Å². The van der Waals surface area contributed by atoms with E-state index in [0.29, 0.717) is 15.5 Å². The summed E-state index contributed by atoms with van der Waals surface area (Å²) in [5.74, 6) is -2.24. The number of imidazole rings is 1. The standard InChI is InChI=1S/C17H11F4N3O4/c1-2-3-22-11-6-10(9(19)5-13(11)28-17(20,21)15(22)26)24-14(25)12-4-8(18)7-23(12)16(24)27/h1,5-6,8,25H,3-4,7H2. The molecule has 0 saturated heterocycles. The fraction of sp³-hybridized carbons (Fsp3) is 0.294. The minimum atomic E-state index is -4.25. The highest BCUT2D eigenvalue weighted by molar-refractivity contribution is 6.01. The van der Waals surface area contributed by atoms with Gasteiger partial charge < -0.3 is 9.84 Å². The van der Waals surface area contributed by atoms with E-state index in [-0.39, 0.29) is 24.3 Å². The van der Waals surface area contributed by atoms with Gasteiger partial charge in [0.2, 0.25) is 5.88 Å². The van der Waals surface area contributed by atoms with Gasteiger partial charge in [-0.3, -0.25) is 14.3 Å². The minimum absolute atomic E-state index is 0.0195. The van der Waals surface area contributed by atoms with Crippen molar-refractivity contribution in [2.24, 2.45) is 0 Å². The molecule has 4 rings (SSSR count). The molecule has 2 aliphatic rings. The number of ether oxygens (including phenoxy) is 1. The highest BCUT2D eigenvalue weighted by atomic mass is 19.3. The van der Waals surface area contributed by atoms with Gasteiger partial charge in [0.25, 0.3) is 0 Å². The highest BCUT2D eigenvalue weighted by Gasteiger charge is 2.50. The van der Waals surface area contributed by atoms with Crippen LogP contribution in [-0.4, -0.2) is 39.0 Å². The Labute approximate surface area is 154 Å². The van der Waals surface area contributed by atoms with Crippen LogP contribution in [-0.2, 0) is 17.8 Å². The van der Waals surface area contributed by atoms with Gasteiger partial charge in [0.15, 0.2) is 11.6 Å². The Bertz CT molecular complexity index is 1120. The van der Waals surface area contributed by atoms with Crippen molar-refractivity contribution in [3.63, 3.8) is 0 Å². The summed E-state index contributed by atoms with van der Waals surface area (Å²) >= 11 is 0.